The van der Waals surface area contributed by atoms with Crippen molar-refractivity contribution in [2.24, 2.45) is 5.92 Å². The number of carbonyl (C=O) groups excluding carboxylic acids is 3. The van der Waals surface area contributed by atoms with Crippen molar-refractivity contribution in [1.29, 1.82) is 0 Å². The number of nitrogen functional groups attached to an aromatic ring is 1. The fraction of sp³-hybridized carbons (Fsp3) is 0.676. The van der Waals surface area contributed by atoms with Gasteiger partial charge in [0.15, 0.2) is 11.4 Å². The number of hydrogen-bond donors (Lipinski definition) is 2. The van der Waals surface area contributed by atoms with E-state index in [1.54, 1.807) is 30.5 Å². The van der Waals surface area contributed by atoms with E-state index in [1.807, 2.05) is 52.2 Å². The van der Waals surface area contributed by atoms with Crippen LogP contribution in [-0.4, -0.2) is 101 Å². The van der Waals surface area contributed by atoms with E-state index in [4.69, 9.17) is 19.9 Å². The van der Waals surface area contributed by atoms with Gasteiger partial charge in [0.25, 0.3) is 5.67 Å². The number of alkyl halides is 1. The van der Waals surface area contributed by atoms with E-state index in [0.717, 1.165) is 18.2 Å². The molecule has 0 unspecified atom stereocenters. The number of benzene rings is 1. The second-order valence-corrected chi connectivity index (χ2v) is 14.2. The number of cyclic esters (lactones) is 1. The van der Waals surface area contributed by atoms with Crippen LogP contribution in [0.2, 0.25) is 5.82 Å². The van der Waals surface area contributed by atoms with Crippen LogP contribution in [0.25, 0.3) is 11.3 Å². The van der Waals surface area contributed by atoms with E-state index in [-0.39, 0.29) is 30.6 Å². The summed E-state index contributed by atoms with van der Waals surface area (Å²) < 4.78 is 35.4. The van der Waals surface area contributed by atoms with Crippen LogP contribution in [0.4, 0.5) is 14.9 Å². The third-order valence-corrected chi connectivity index (χ3v) is 10.4. The number of fused-ring (bicyclic) bond motifs is 1. The first-order valence-corrected chi connectivity index (χ1v) is 17.0. The van der Waals surface area contributed by atoms with Crippen LogP contribution in [0.1, 0.15) is 73.6 Å². The number of unbranched alkanes of at least 4 members (excludes halogenated alkanes) is 1. The van der Waals surface area contributed by atoms with Gasteiger partial charge in [-0.1, -0.05) is 31.2 Å². The Balaban J connectivity index is 1.55. The van der Waals surface area contributed by atoms with Crippen LogP contribution in [0.15, 0.2) is 30.5 Å². The maximum Gasteiger partial charge on any atom is 0.410 e. The van der Waals surface area contributed by atoms with Crippen molar-refractivity contribution in [1.82, 2.24) is 25.2 Å². The van der Waals surface area contributed by atoms with Crippen molar-refractivity contribution in [3.63, 3.8) is 0 Å². The number of anilines is 1. The lowest BCUT2D eigenvalue weighted by Gasteiger charge is -2.41. The number of hydrogen-bond acceptors (Lipinski definition) is 10. The summed E-state index contributed by atoms with van der Waals surface area (Å²) in [6.45, 7) is 12.0. The maximum atomic E-state index is 16.0. The molecule has 264 valence electrons. The molecular weight excluding hydrogens is 618 g/mol. The quantitative estimate of drug-likeness (QED) is 0.140. The molecule has 0 saturated carbocycles. The number of ether oxygens (including phenoxy) is 3. The second-order valence-electron chi connectivity index (χ2n) is 14.2. The van der Waals surface area contributed by atoms with E-state index in [9.17, 15) is 14.4 Å². The standard InChI is InChI=1S/C34H52BFN6O6/c1-8-28-34(6)29(22(3)38-19-21(2)18-32(4,46-7)26(35)17-27(43)33(5,36)30(44)47-28)42(31(45)48-34)15-10-9-14-41-20-25(39-40-41)23-12-11-13-24(37)16-23/h11-13,16,20-22,26,28-29,38H,8-10,14-15,17-19,35,37H2,1-7H3/t21-,22-,26-,28-,29-,32-,33+,34-/m1/s1. The third kappa shape index (κ3) is 7.85. The molecular formula is C34H52BFN6O6. The summed E-state index contributed by atoms with van der Waals surface area (Å²) >= 11 is 0. The topological polar surface area (TPSA) is 151 Å². The Labute approximate surface area is 284 Å². The summed E-state index contributed by atoms with van der Waals surface area (Å²) in [5, 5.41) is 12.1. The summed E-state index contributed by atoms with van der Waals surface area (Å²) in [7, 11) is 3.42. The minimum absolute atomic E-state index is 0.106. The molecule has 8 atom stereocenters. The van der Waals surface area contributed by atoms with Crippen molar-refractivity contribution in [3.05, 3.63) is 30.5 Å². The molecule has 4 rings (SSSR count). The van der Waals surface area contributed by atoms with Gasteiger partial charge in [0, 0.05) is 43.9 Å². The average molecular weight is 671 g/mol. The molecule has 1 amide bonds. The number of aromatic nitrogens is 3. The summed E-state index contributed by atoms with van der Waals surface area (Å²) in [6.07, 6.45) is 2.30. The Morgan fingerprint density at radius 1 is 1.17 bits per heavy atom. The highest BCUT2D eigenvalue weighted by Crippen LogP contribution is 2.40. The maximum absolute atomic E-state index is 16.0. The number of nitrogens with zero attached hydrogens (tertiary/aromatic N) is 4. The van der Waals surface area contributed by atoms with Crippen LogP contribution in [0, 0.1) is 5.92 Å². The van der Waals surface area contributed by atoms with Gasteiger partial charge in [-0.3, -0.25) is 14.4 Å². The second kappa shape index (κ2) is 14.9. The van der Waals surface area contributed by atoms with Gasteiger partial charge in [-0.05, 0) is 83.8 Å². The molecule has 0 radical (unpaired) electrons. The Bertz CT molecular complexity index is 1460. The van der Waals surface area contributed by atoms with E-state index in [0.29, 0.717) is 44.6 Å². The van der Waals surface area contributed by atoms with Crippen molar-refractivity contribution in [2.45, 2.75) is 121 Å². The Kier molecular flexibility index (Phi) is 11.6. The zero-order valence-electron chi connectivity index (χ0n) is 29.6. The summed E-state index contributed by atoms with van der Waals surface area (Å²) in [5.74, 6) is -2.41. The number of Topliss-reactive ketones (excluding diaryl/α,β-unsaturated/α-hetero) is 1. The predicted molar refractivity (Wildman–Crippen MR) is 183 cm³/mol. The first-order valence-electron chi connectivity index (χ1n) is 17.0. The molecule has 2 aromatic rings. The highest BCUT2D eigenvalue weighted by molar-refractivity contribution is 6.16. The molecule has 0 bridgehead atoms. The summed E-state index contributed by atoms with van der Waals surface area (Å²) in [5.41, 5.74) is 3.23. The highest BCUT2D eigenvalue weighted by Gasteiger charge is 2.59. The number of ketones is 1. The fourth-order valence-electron chi connectivity index (χ4n) is 7.17. The summed E-state index contributed by atoms with van der Waals surface area (Å²) in [6, 6.07) is 6.60. The minimum atomic E-state index is -2.88. The SMILES string of the molecule is B[C@@H]1CC(=O)[C@](C)(F)C(=O)O[C@H](CC)[C@@]2(C)OC(=O)N(CCCCn3cc(-c4cccc(N)c4)nn3)[C@@H]2[C@@H](C)NC[C@H](C)C[C@@]1(C)OC. The molecule has 2 fully saturated rings. The van der Waals surface area contributed by atoms with Crippen molar-refractivity contribution < 1.29 is 33.0 Å². The van der Waals surface area contributed by atoms with Crippen LogP contribution in [0.3, 0.4) is 0 Å². The van der Waals surface area contributed by atoms with E-state index in [2.05, 4.69) is 22.6 Å². The number of esters is 1. The first kappa shape index (κ1) is 37.3. The molecule has 48 heavy (non-hydrogen) atoms. The molecule has 2 saturated heterocycles. The van der Waals surface area contributed by atoms with Crippen LogP contribution < -0.4 is 11.1 Å². The number of aryl methyl sites for hydroxylation is 1. The van der Waals surface area contributed by atoms with Gasteiger partial charge in [0.2, 0.25) is 0 Å². The van der Waals surface area contributed by atoms with E-state index in [1.165, 1.54) is 0 Å². The lowest BCUT2D eigenvalue weighted by molar-refractivity contribution is -0.178. The number of amides is 1. The number of carbonyl (C=O) groups is 3. The molecule has 1 aromatic carbocycles. The highest BCUT2D eigenvalue weighted by atomic mass is 19.1. The van der Waals surface area contributed by atoms with Gasteiger partial charge in [0.1, 0.15) is 19.6 Å². The number of nitrogens with two attached hydrogens (primary N) is 1. The smallest absolute Gasteiger partial charge is 0.410 e. The number of methoxy groups -OCH3 is 1. The lowest BCUT2D eigenvalue weighted by atomic mass is 9.67. The van der Waals surface area contributed by atoms with Crippen LogP contribution >= 0.6 is 0 Å². The molecule has 1 aromatic heterocycles. The first-order chi connectivity index (χ1) is 22.5. The van der Waals surface area contributed by atoms with E-state index < -0.39 is 46.9 Å². The Morgan fingerprint density at radius 2 is 1.88 bits per heavy atom. The van der Waals surface area contributed by atoms with Crippen molar-refractivity contribution in [3.8, 4) is 11.3 Å². The van der Waals surface area contributed by atoms with Crippen molar-refractivity contribution >= 4 is 31.4 Å². The number of rotatable bonds is 8. The fourth-order valence-corrected chi connectivity index (χ4v) is 7.17. The largest absolute Gasteiger partial charge is 0.455 e. The van der Waals surface area contributed by atoms with Gasteiger partial charge < -0.3 is 25.3 Å². The van der Waals surface area contributed by atoms with Gasteiger partial charge >= 0.3 is 12.1 Å². The average Bonchev–Trinajstić information content (AvgIpc) is 3.61. The van der Waals surface area contributed by atoms with Crippen molar-refractivity contribution in [2.75, 3.05) is 25.9 Å². The minimum Gasteiger partial charge on any atom is -0.455 e. The molecule has 2 aliphatic heterocycles. The van der Waals surface area contributed by atoms with Crippen LogP contribution in [0.5, 0.6) is 0 Å². The molecule has 3 N–H and O–H groups in total. The molecule has 0 aliphatic carbocycles. The van der Waals surface area contributed by atoms with Gasteiger partial charge in [-0.2, -0.15) is 0 Å². The number of nitrogens with one attached hydrogen (secondary N) is 1. The lowest BCUT2D eigenvalue weighted by Crippen LogP contribution is -2.61. The monoisotopic (exact) mass is 670 g/mol. The zero-order valence-corrected chi connectivity index (χ0v) is 29.6. The molecule has 3 heterocycles. The Morgan fingerprint density at radius 3 is 2.54 bits per heavy atom. The Hall–Kier alpha value is -3.52. The van der Waals surface area contributed by atoms with Crippen LogP contribution in [-0.2, 0) is 30.3 Å². The molecule has 0 spiro atoms. The molecule has 12 nitrogen and oxygen atoms in total. The predicted octanol–water partition coefficient (Wildman–Crippen LogP) is 3.74. The normalized spacial score (nSPS) is 33.8. The summed E-state index contributed by atoms with van der Waals surface area (Å²) in [4.78, 5) is 41.8. The molecule has 2 aliphatic rings. The van der Waals surface area contributed by atoms with Gasteiger partial charge in [0.05, 0.1) is 17.8 Å². The zero-order chi connectivity index (χ0) is 35.4. The molecule has 14 heteroatoms. The number of halogens is 1. The third-order valence-electron chi connectivity index (χ3n) is 10.4. The van der Waals surface area contributed by atoms with Gasteiger partial charge in [-0.25, -0.2) is 14.0 Å². The van der Waals surface area contributed by atoms with E-state index >= 15 is 4.39 Å². The van der Waals surface area contributed by atoms with Gasteiger partial charge in [-0.15, -0.1) is 5.10 Å².